The Labute approximate surface area is 169 Å². The highest BCUT2D eigenvalue weighted by atomic mass is 19.4. The van der Waals surface area contributed by atoms with E-state index in [9.17, 15) is 18.0 Å². The molecule has 0 unspecified atom stereocenters. The normalized spacial score (nSPS) is 15.8. The standard InChI is InChI=1S/C22H26F3N3O/c1-17-6-2-3-7-18(17)16-27-10-5-11-28(13-12-27)21(29)15-26-20-9-4-8-19(14-20)22(23,24)25/h2-4,6-9,14,26H,5,10-13,15-16H2,1H3. The van der Waals surface area contributed by atoms with E-state index in [4.69, 9.17) is 0 Å². The van der Waals surface area contributed by atoms with Gasteiger partial charge in [0.25, 0.3) is 0 Å². The molecule has 1 saturated heterocycles. The highest BCUT2D eigenvalue weighted by Gasteiger charge is 2.30. The van der Waals surface area contributed by atoms with E-state index in [1.165, 1.54) is 23.3 Å². The van der Waals surface area contributed by atoms with Crippen LogP contribution in [-0.2, 0) is 17.5 Å². The van der Waals surface area contributed by atoms with Gasteiger partial charge in [0, 0.05) is 38.4 Å². The summed E-state index contributed by atoms with van der Waals surface area (Å²) in [5.41, 5.74) is 2.12. The second-order valence-corrected chi connectivity index (χ2v) is 7.37. The number of hydrogen-bond donors (Lipinski definition) is 1. The molecule has 0 saturated carbocycles. The monoisotopic (exact) mass is 405 g/mol. The van der Waals surface area contributed by atoms with Gasteiger partial charge in [0.2, 0.25) is 5.91 Å². The molecule has 29 heavy (non-hydrogen) atoms. The quantitative estimate of drug-likeness (QED) is 0.812. The Kier molecular flexibility index (Phi) is 6.79. The summed E-state index contributed by atoms with van der Waals surface area (Å²) in [6, 6.07) is 13.2. The molecular weight excluding hydrogens is 379 g/mol. The van der Waals surface area contributed by atoms with Crippen molar-refractivity contribution in [1.29, 1.82) is 0 Å². The minimum absolute atomic E-state index is 0.0148. The van der Waals surface area contributed by atoms with Crippen molar-refractivity contribution in [3.8, 4) is 0 Å². The predicted octanol–water partition coefficient (Wildman–Crippen LogP) is 4.16. The van der Waals surface area contributed by atoms with Crippen molar-refractivity contribution < 1.29 is 18.0 Å². The lowest BCUT2D eigenvalue weighted by Gasteiger charge is -2.23. The van der Waals surface area contributed by atoms with Gasteiger partial charge in [-0.15, -0.1) is 0 Å². The number of nitrogens with zero attached hydrogens (tertiary/aromatic N) is 2. The first-order valence-electron chi connectivity index (χ1n) is 9.79. The van der Waals surface area contributed by atoms with E-state index in [0.717, 1.165) is 38.2 Å². The summed E-state index contributed by atoms with van der Waals surface area (Å²) in [5.74, 6) is -0.0971. The summed E-state index contributed by atoms with van der Waals surface area (Å²) in [5, 5.41) is 2.83. The molecule has 0 bridgehead atoms. The maximum atomic E-state index is 12.8. The maximum Gasteiger partial charge on any atom is 0.416 e. The van der Waals surface area contributed by atoms with Crippen molar-refractivity contribution >= 4 is 11.6 Å². The minimum atomic E-state index is -4.40. The Morgan fingerprint density at radius 2 is 1.83 bits per heavy atom. The lowest BCUT2D eigenvalue weighted by Crippen LogP contribution is -2.38. The number of aryl methyl sites for hydroxylation is 1. The van der Waals surface area contributed by atoms with E-state index in [0.29, 0.717) is 18.8 Å². The first kappa shape index (κ1) is 21.2. The summed E-state index contributed by atoms with van der Waals surface area (Å²) in [4.78, 5) is 16.7. The minimum Gasteiger partial charge on any atom is -0.376 e. The van der Waals surface area contributed by atoms with Gasteiger partial charge >= 0.3 is 6.18 Å². The number of nitrogens with one attached hydrogen (secondary N) is 1. The van der Waals surface area contributed by atoms with E-state index in [2.05, 4.69) is 29.3 Å². The van der Waals surface area contributed by atoms with Gasteiger partial charge in [-0.1, -0.05) is 30.3 Å². The lowest BCUT2D eigenvalue weighted by molar-refractivity contribution is -0.137. The van der Waals surface area contributed by atoms with Gasteiger partial charge in [-0.25, -0.2) is 0 Å². The van der Waals surface area contributed by atoms with Crippen molar-refractivity contribution in [1.82, 2.24) is 9.80 Å². The molecule has 156 valence electrons. The van der Waals surface area contributed by atoms with E-state index < -0.39 is 11.7 Å². The summed E-state index contributed by atoms with van der Waals surface area (Å²) >= 11 is 0. The average Bonchev–Trinajstić information content (AvgIpc) is 2.93. The van der Waals surface area contributed by atoms with Gasteiger partial charge in [0.1, 0.15) is 0 Å². The molecule has 2 aromatic carbocycles. The van der Waals surface area contributed by atoms with Crippen LogP contribution in [0.1, 0.15) is 23.1 Å². The second-order valence-electron chi connectivity index (χ2n) is 7.37. The van der Waals surface area contributed by atoms with Gasteiger partial charge in [-0.05, 0) is 42.7 Å². The fraction of sp³-hybridized carbons (Fsp3) is 0.409. The van der Waals surface area contributed by atoms with E-state index in [-0.39, 0.29) is 12.5 Å². The molecule has 1 fully saturated rings. The molecule has 0 spiro atoms. The Bertz CT molecular complexity index is 838. The zero-order chi connectivity index (χ0) is 20.9. The number of rotatable bonds is 5. The van der Waals surface area contributed by atoms with Crippen molar-refractivity contribution in [2.45, 2.75) is 26.1 Å². The third-order valence-electron chi connectivity index (χ3n) is 5.23. The fourth-order valence-electron chi connectivity index (χ4n) is 3.50. The first-order chi connectivity index (χ1) is 13.8. The van der Waals surface area contributed by atoms with Crippen molar-refractivity contribution in [3.63, 3.8) is 0 Å². The zero-order valence-electron chi connectivity index (χ0n) is 16.5. The van der Waals surface area contributed by atoms with Gasteiger partial charge in [0.15, 0.2) is 0 Å². The van der Waals surface area contributed by atoms with Crippen LogP contribution in [-0.4, -0.2) is 48.4 Å². The predicted molar refractivity (Wildman–Crippen MR) is 108 cm³/mol. The van der Waals surface area contributed by atoms with Crippen molar-refractivity contribution in [2.75, 3.05) is 38.0 Å². The molecule has 3 rings (SSSR count). The highest BCUT2D eigenvalue weighted by molar-refractivity contribution is 5.81. The number of anilines is 1. The van der Waals surface area contributed by atoms with Gasteiger partial charge < -0.3 is 10.2 Å². The molecule has 0 atom stereocenters. The molecule has 2 aromatic rings. The maximum absolute atomic E-state index is 12.8. The molecular formula is C22H26F3N3O. The molecule has 1 aliphatic rings. The Balaban J connectivity index is 1.51. The van der Waals surface area contributed by atoms with Crippen LogP contribution in [0.3, 0.4) is 0 Å². The summed E-state index contributed by atoms with van der Waals surface area (Å²) in [6.07, 6.45) is -3.52. The van der Waals surface area contributed by atoms with E-state index >= 15 is 0 Å². The topological polar surface area (TPSA) is 35.6 Å². The zero-order valence-corrected chi connectivity index (χ0v) is 16.5. The molecule has 1 N–H and O–H groups in total. The second kappa shape index (κ2) is 9.31. The highest BCUT2D eigenvalue weighted by Crippen LogP contribution is 2.30. The van der Waals surface area contributed by atoms with Crippen LogP contribution < -0.4 is 5.32 Å². The third-order valence-corrected chi connectivity index (χ3v) is 5.23. The van der Waals surface area contributed by atoms with Gasteiger partial charge in [-0.2, -0.15) is 13.2 Å². The molecule has 1 amide bonds. The number of carbonyl (C=O) groups is 1. The van der Waals surface area contributed by atoms with Crippen LogP contribution >= 0.6 is 0 Å². The number of benzene rings is 2. The van der Waals surface area contributed by atoms with Crippen LogP contribution in [0.5, 0.6) is 0 Å². The van der Waals surface area contributed by atoms with Crippen LogP contribution in [0.4, 0.5) is 18.9 Å². The summed E-state index contributed by atoms with van der Waals surface area (Å²) in [7, 11) is 0. The number of alkyl halides is 3. The molecule has 0 aliphatic carbocycles. The molecule has 0 aromatic heterocycles. The van der Waals surface area contributed by atoms with Crippen molar-refractivity contribution in [3.05, 3.63) is 65.2 Å². The Morgan fingerprint density at radius 1 is 1.03 bits per heavy atom. The average molecular weight is 405 g/mol. The van der Waals surface area contributed by atoms with Crippen molar-refractivity contribution in [2.24, 2.45) is 0 Å². The first-order valence-corrected chi connectivity index (χ1v) is 9.79. The molecule has 1 aliphatic heterocycles. The van der Waals surface area contributed by atoms with Gasteiger partial charge in [-0.3, -0.25) is 9.69 Å². The Morgan fingerprint density at radius 3 is 2.59 bits per heavy atom. The smallest absolute Gasteiger partial charge is 0.376 e. The summed E-state index contributed by atoms with van der Waals surface area (Å²) in [6.45, 7) is 5.92. The molecule has 4 nitrogen and oxygen atoms in total. The van der Waals surface area contributed by atoms with Gasteiger partial charge in [0.05, 0.1) is 12.1 Å². The van der Waals surface area contributed by atoms with Crippen LogP contribution in [0.25, 0.3) is 0 Å². The van der Waals surface area contributed by atoms with Crippen LogP contribution in [0.2, 0.25) is 0 Å². The number of amides is 1. The van der Waals surface area contributed by atoms with E-state index in [1.807, 2.05) is 12.1 Å². The molecule has 0 radical (unpaired) electrons. The van der Waals surface area contributed by atoms with E-state index in [1.54, 1.807) is 4.90 Å². The lowest BCUT2D eigenvalue weighted by atomic mass is 10.1. The number of hydrogen-bond acceptors (Lipinski definition) is 3. The number of carbonyl (C=O) groups excluding carboxylic acids is 1. The molecule has 1 heterocycles. The largest absolute Gasteiger partial charge is 0.416 e. The number of halogens is 3. The third kappa shape index (κ3) is 5.97. The van der Waals surface area contributed by atoms with Crippen LogP contribution in [0.15, 0.2) is 48.5 Å². The fourth-order valence-corrected chi connectivity index (χ4v) is 3.50. The molecule has 7 heteroatoms. The Hall–Kier alpha value is -2.54. The SMILES string of the molecule is Cc1ccccc1CN1CCCN(C(=O)CNc2cccc(C(F)(F)F)c2)CC1. The summed E-state index contributed by atoms with van der Waals surface area (Å²) < 4.78 is 38.4. The van der Waals surface area contributed by atoms with Crippen LogP contribution in [0, 0.1) is 6.92 Å².